The zero-order chi connectivity index (χ0) is 19.8. The van der Waals surface area contributed by atoms with E-state index in [0.717, 1.165) is 0 Å². The molecule has 1 unspecified atom stereocenters. The van der Waals surface area contributed by atoms with Crippen LogP contribution in [0.25, 0.3) is 32.0 Å². The van der Waals surface area contributed by atoms with Crippen LogP contribution in [0.2, 0.25) is 0 Å². The van der Waals surface area contributed by atoms with Crippen LogP contribution >= 0.6 is 40.0 Å². The molecule has 1 atom stereocenters. The minimum atomic E-state index is -1.79. The van der Waals surface area contributed by atoms with Gasteiger partial charge in [-0.25, -0.2) is 0 Å². The molecule has 1 aliphatic rings. The van der Waals surface area contributed by atoms with Crippen molar-refractivity contribution in [3.63, 3.8) is 0 Å². The molecule has 4 aromatic rings. The summed E-state index contributed by atoms with van der Waals surface area (Å²) in [6.45, 7) is 11.3. The molecule has 1 aliphatic heterocycles. The van der Waals surface area contributed by atoms with E-state index >= 15 is 0 Å². The minimum Gasteiger partial charge on any atom is -0.145 e. The lowest BCUT2D eigenvalue weighted by Gasteiger charge is -2.16. The summed E-state index contributed by atoms with van der Waals surface area (Å²) in [5, 5.41) is 2.84. The summed E-state index contributed by atoms with van der Waals surface area (Å²) < 4.78 is 0. The third kappa shape index (κ3) is 2.62. The molecule has 0 spiro atoms. The van der Waals surface area contributed by atoms with Crippen LogP contribution in [0.5, 0.6) is 0 Å². The highest BCUT2D eigenvalue weighted by Gasteiger charge is 2.38. The van der Waals surface area contributed by atoms with Crippen LogP contribution in [-0.4, -0.2) is 6.66 Å². The van der Waals surface area contributed by atoms with Gasteiger partial charge in [0.05, 0.1) is 0 Å². The van der Waals surface area contributed by atoms with E-state index in [0.29, 0.717) is 0 Å². The van der Waals surface area contributed by atoms with E-state index in [1.807, 2.05) is 34.0 Å². The Hall–Kier alpha value is -1.03. The lowest BCUT2D eigenvalue weighted by molar-refractivity contribution is 1.58. The molecule has 28 heavy (non-hydrogen) atoms. The molecule has 0 nitrogen and oxygen atoms in total. The Morgan fingerprint density at radius 3 is 1.96 bits per heavy atom. The monoisotopic (exact) mass is 456 g/mol. The maximum absolute atomic E-state index is 6.38. The largest absolute Gasteiger partial charge is 0.145 e. The van der Waals surface area contributed by atoms with Crippen molar-refractivity contribution in [3.05, 3.63) is 55.9 Å². The number of aryl methyl sites for hydroxylation is 4. The number of hydrogen-bond acceptors (Lipinski definition) is 4. The van der Waals surface area contributed by atoms with E-state index in [9.17, 15) is 0 Å². The van der Waals surface area contributed by atoms with Gasteiger partial charge in [-0.15, -0.1) is 34.0 Å². The SMILES string of the molecule is Cc1cc(-c2sc3c(c2-c2cc(C)sc2C)P(C)(=S)c2ccccc2-3)c(C)s1. The van der Waals surface area contributed by atoms with Gasteiger partial charge in [-0.1, -0.05) is 36.1 Å². The summed E-state index contributed by atoms with van der Waals surface area (Å²) in [7, 11) is 0. The molecule has 0 radical (unpaired) electrons. The fourth-order valence-corrected chi connectivity index (χ4v) is 12.1. The molecule has 5 heteroatoms. The fourth-order valence-electron chi connectivity index (χ4n) is 4.35. The highest BCUT2D eigenvalue weighted by atomic mass is 32.4. The van der Waals surface area contributed by atoms with Crippen LogP contribution in [0.3, 0.4) is 0 Å². The van der Waals surface area contributed by atoms with E-state index in [1.54, 1.807) is 0 Å². The van der Waals surface area contributed by atoms with Crippen molar-refractivity contribution in [2.24, 2.45) is 0 Å². The molecule has 142 valence electrons. The summed E-state index contributed by atoms with van der Waals surface area (Å²) in [4.78, 5) is 8.38. The van der Waals surface area contributed by atoms with Gasteiger partial charge in [0.2, 0.25) is 0 Å². The van der Waals surface area contributed by atoms with E-state index in [-0.39, 0.29) is 0 Å². The van der Waals surface area contributed by atoms with Gasteiger partial charge < -0.3 is 0 Å². The van der Waals surface area contributed by atoms with E-state index < -0.39 is 6.04 Å². The second-order valence-corrected chi connectivity index (χ2v) is 16.5. The predicted octanol–water partition coefficient (Wildman–Crippen LogP) is 7.48. The molecule has 0 saturated heterocycles. The molecule has 0 fully saturated rings. The van der Waals surface area contributed by atoms with Crippen molar-refractivity contribution in [1.29, 1.82) is 0 Å². The summed E-state index contributed by atoms with van der Waals surface area (Å²) in [6.07, 6.45) is 0. The Morgan fingerprint density at radius 1 is 0.750 bits per heavy atom. The number of benzene rings is 1. The van der Waals surface area contributed by atoms with Gasteiger partial charge in [-0.2, -0.15) is 0 Å². The first-order valence-corrected chi connectivity index (χ1v) is 15.0. The maximum Gasteiger partial charge on any atom is 0.0450 e. The molecule has 3 aromatic heterocycles. The van der Waals surface area contributed by atoms with Gasteiger partial charge in [0.1, 0.15) is 0 Å². The van der Waals surface area contributed by atoms with E-state index in [2.05, 4.69) is 70.8 Å². The predicted molar refractivity (Wildman–Crippen MR) is 135 cm³/mol. The summed E-state index contributed by atoms with van der Waals surface area (Å²) >= 11 is 12.1. The number of rotatable bonds is 2. The lowest BCUT2D eigenvalue weighted by atomic mass is 10.0. The van der Waals surface area contributed by atoms with Crippen LogP contribution < -0.4 is 10.6 Å². The Balaban J connectivity index is 1.93. The van der Waals surface area contributed by atoms with Gasteiger partial charge in [0, 0.05) is 57.3 Å². The average Bonchev–Trinajstić information content (AvgIpc) is 3.32. The van der Waals surface area contributed by atoms with Gasteiger partial charge in [0.15, 0.2) is 0 Å². The average molecular weight is 457 g/mol. The van der Waals surface area contributed by atoms with Gasteiger partial charge in [0.25, 0.3) is 0 Å². The number of thiophene rings is 3. The first kappa shape index (κ1) is 19.0. The molecule has 0 amide bonds. The Kier molecular flexibility index (Phi) is 4.39. The second kappa shape index (κ2) is 6.48. The smallest absolute Gasteiger partial charge is 0.0450 e. The maximum atomic E-state index is 6.38. The molecule has 5 rings (SSSR count). The lowest BCUT2D eigenvalue weighted by Crippen LogP contribution is -2.09. The molecular weight excluding hydrogens is 435 g/mol. The molecule has 0 saturated carbocycles. The van der Waals surface area contributed by atoms with Crippen molar-refractivity contribution in [2.45, 2.75) is 27.7 Å². The van der Waals surface area contributed by atoms with Crippen molar-refractivity contribution in [3.8, 4) is 32.0 Å². The first-order valence-electron chi connectivity index (χ1n) is 9.28. The number of fused-ring (bicyclic) bond motifs is 3. The summed E-state index contributed by atoms with van der Waals surface area (Å²) in [6, 6.07) is 11.8. The Morgan fingerprint density at radius 2 is 1.36 bits per heavy atom. The van der Waals surface area contributed by atoms with Crippen molar-refractivity contribution < 1.29 is 0 Å². The normalized spacial score (nSPS) is 17.8. The van der Waals surface area contributed by atoms with Crippen molar-refractivity contribution in [2.75, 3.05) is 6.66 Å². The number of hydrogen-bond donors (Lipinski definition) is 0. The van der Waals surface area contributed by atoms with Crippen molar-refractivity contribution >= 4 is 62.5 Å². The molecule has 0 aliphatic carbocycles. The van der Waals surface area contributed by atoms with Crippen LogP contribution in [0.1, 0.15) is 19.5 Å². The molecular formula is C23H21PS4. The van der Waals surface area contributed by atoms with Gasteiger partial charge >= 0.3 is 0 Å². The fraction of sp³-hybridized carbons (Fsp3) is 0.217. The van der Waals surface area contributed by atoms with E-state index in [1.165, 1.54) is 62.1 Å². The first-order chi connectivity index (χ1) is 13.3. The zero-order valence-corrected chi connectivity index (χ0v) is 20.7. The van der Waals surface area contributed by atoms with Crippen LogP contribution in [0.4, 0.5) is 0 Å². The minimum absolute atomic E-state index is 1.37. The van der Waals surface area contributed by atoms with Crippen LogP contribution in [0, 0.1) is 27.7 Å². The van der Waals surface area contributed by atoms with Gasteiger partial charge in [-0.3, -0.25) is 0 Å². The molecule has 1 aromatic carbocycles. The topological polar surface area (TPSA) is 0 Å². The highest BCUT2D eigenvalue weighted by Crippen LogP contribution is 2.59. The second-order valence-electron chi connectivity index (χ2n) is 7.58. The van der Waals surface area contributed by atoms with E-state index in [4.69, 9.17) is 11.8 Å². The molecule has 0 bridgehead atoms. The standard InChI is InChI=1S/C23H21PS4/c1-12-10-17(14(3)26-12)20-21-23(16-8-6-7-9-19(16)24(21,5)25)28-22(20)18-11-13(2)27-15(18)4/h6-11H,1-5H3. The third-order valence-corrected chi connectivity index (χ3v) is 12.6. The van der Waals surface area contributed by atoms with Gasteiger partial charge in [-0.05, 0) is 57.4 Å². The Labute approximate surface area is 183 Å². The van der Waals surface area contributed by atoms with Crippen molar-refractivity contribution in [1.82, 2.24) is 0 Å². The van der Waals surface area contributed by atoms with Crippen LogP contribution in [-0.2, 0) is 11.8 Å². The molecule has 0 N–H and O–H groups in total. The zero-order valence-electron chi connectivity index (χ0n) is 16.5. The third-order valence-electron chi connectivity index (χ3n) is 5.51. The molecule has 4 heterocycles. The van der Waals surface area contributed by atoms with Crippen LogP contribution in [0.15, 0.2) is 36.4 Å². The summed E-state index contributed by atoms with van der Waals surface area (Å²) in [5.74, 6) is 0. The summed E-state index contributed by atoms with van der Waals surface area (Å²) in [5.41, 5.74) is 5.58. The quantitative estimate of drug-likeness (QED) is 0.282. The highest BCUT2D eigenvalue weighted by molar-refractivity contribution is 8.22. The Bertz CT molecular complexity index is 1300.